The molecule has 0 saturated heterocycles. The van der Waals surface area contributed by atoms with E-state index in [-0.39, 0.29) is 17.8 Å². The van der Waals surface area contributed by atoms with Crippen LogP contribution in [-0.2, 0) is 0 Å². The number of rotatable bonds is 1. The second-order valence-corrected chi connectivity index (χ2v) is 4.64. The highest BCUT2D eigenvalue weighted by atomic mass is 16.3. The van der Waals surface area contributed by atoms with Gasteiger partial charge in [-0.25, -0.2) is 9.78 Å². The monoisotopic (exact) mass is 233 g/mol. The predicted octanol–water partition coefficient (Wildman–Crippen LogP) is 1.20. The first-order valence-corrected chi connectivity index (χ1v) is 5.99. The number of fused-ring (bicyclic) bond motifs is 1. The summed E-state index contributed by atoms with van der Waals surface area (Å²) in [5, 5.41) is 9.50. The summed E-state index contributed by atoms with van der Waals surface area (Å²) in [6.07, 6.45) is 4.69. The largest absolute Gasteiger partial charge is 0.393 e. The molecule has 0 aliphatic heterocycles. The fourth-order valence-corrected chi connectivity index (χ4v) is 2.61. The van der Waals surface area contributed by atoms with Crippen molar-refractivity contribution in [1.29, 1.82) is 0 Å². The number of aromatic nitrogens is 3. The second-order valence-electron chi connectivity index (χ2n) is 4.64. The van der Waals surface area contributed by atoms with Gasteiger partial charge < -0.3 is 10.1 Å². The topological polar surface area (TPSA) is 70.9 Å². The van der Waals surface area contributed by atoms with Gasteiger partial charge in [-0.05, 0) is 37.8 Å². The Morgan fingerprint density at radius 3 is 2.88 bits per heavy atom. The van der Waals surface area contributed by atoms with Crippen molar-refractivity contribution in [2.24, 2.45) is 0 Å². The van der Waals surface area contributed by atoms with Gasteiger partial charge in [0, 0.05) is 12.2 Å². The number of pyridine rings is 1. The average Bonchev–Trinajstić information content (AvgIpc) is 2.66. The highest BCUT2D eigenvalue weighted by Crippen LogP contribution is 2.28. The van der Waals surface area contributed by atoms with Crippen LogP contribution in [0.4, 0.5) is 0 Å². The van der Waals surface area contributed by atoms with E-state index in [1.165, 1.54) is 0 Å². The molecule has 1 saturated carbocycles. The Hall–Kier alpha value is -1.62. The maximum absolute atomic E-state index is 11.9. The Morgan fingerprint density at radius 2 is 2.12 bits per heavy atom. The van der Waals surface area contributed by atoms with E-state index in [4.69, 9.17) is 0 Å². The second kappa shape index (κ2) is 4.00. The van der Waals surface area contributed by atoms with Crippen LogP contribution in [0.15, 0.2) is 23.1 Å². The van der Waals surface area contributed by atoms with Gasteiger partial charge in [0.05, 0.1) is 11.6 Å². The molecule has 0 aromatic carbocycles. The molecular formula is C12H15N3O2. The number of nitrogens with zero attached hydrogens (tertiary/aromatic N) is 2. The van der Waals surface area contributed by atoms with Gasteiger partial charge in [-0.15, -0.1) is 0 Å². The summed E-state index contributed by atoms with van der Waals surface area (Å²) in [6.45, 7) is 0. The summed E-state index contributed by atoms with van der Waals surface area (Å²) in [5.41, 5.74) is 1.41. The van der Waals surface area contributed by atoms with Crippen LogP contribution in [0.2, 0.25) is 0 Å². The molecule has 0 atom stereocenters. The number of aliphatic hydroxyl groups excluding tert-OH is 1. The molecule has 5 nitrogen and oxygen atoms in total. The van der Waals surface area contributed by atoms with E-state index in [1.54, 1.807) is 10.8 Å². The van der Waals surface area contributed by atoms with E-state index in [2.05, 4.69) is 9.97 Å². The maximum atomic E-state index is 11.9. The van der Waals surface area contributed by atoms with Crippen molar-refractivity contribution < 1.29 is 5.11 Å². The third kappa shape index (κ3) is 1.76. The third-order valence-electron chi connectivity index (χ3n) is 3.51. The van der Waals surface area contributed by atoms with Crippen molar-refractivity contribution in [3.05, 3.63) is 28.8 Å². The molecule has 2 heterocycles. The quantitative estimate of drug-likeness (QED) is 0.777. The molecule has 3 rings (SSSR count). The average molecular weight is 233 g/mol. The molecule has 2 N–H and O–H groups in total. The van der Waals surface area contributed by atoms with Gasteiger partial charge in [0.2, 0.25) is 0 Å². The SMILES string of the molecule is O=c1[nH]c2cccnc2n1C1CCC(O)CC1. The zero-order valence-corrected chi connectivity index (χ0v) is 9.47. The molecule has 0 bridgehead atoms. The van der Waals surface area contributed by atoms with Gasteiger partial charge in [0.25, 0.3) is 0 Å². The number of imidazole rings is 1. The number of aliphatic hydroxyl groups is 1. The Bertz CT molecular complexity index is 579. The summed E-state index contributed by atoms with van der Waals surface area (Å²) < 4.78 is 1.74. The molecule has 17 heavy (non-hydrogen) atoms. The summed E-state index contributed by atoms with van der Waals surface area (Å²) >= 11 is 0. The van der Waals surface area contributed by atoms with Crippen molar-refractivity contribution in [2.75, 3.05) is 0 Å². The van der Waals surface area contributed by atoms with Crippen molar-refractivity contribution in [1.82, 2.24) is 14.5 Å². The van der Waals surface area contributed by atoms with Crippen molar-refractivity contribution >= 4 is 11.2 Å². The first kappa shape index (κ1) is 10.5. The lowest BCUT2D eigenvalue weighted by atomic mass is 9.93. The minimum atomic E-state index is -0.208. The molecule has 2 aromatic rings. The molecule has 5 heteroatoms. The summed E-state index contributed by atoms with van der Waals surface area (Å²) in [5.74, 6) is 0. The van der Waals surface area contributed by atoms with E-state index < -0.39 is 0 Å². The van der Waals surface area contributed by atoms with Crippen LogP contribution in [0.25, 0.3) is 11.2 Å². The van der Waals surface area contributed by atoms with Crippen LogP contribution in [-0.4, -0.2) is 25.7 Å². The fourth-order valence-electron chi connectivity index (χ4n) is 2.61. The minimum Gasteiger partial charge on any atom is -0.393 e. The lowest BCUT2D eigenvalue weighted by molar-refractivity contribution is 0.111. The highest BCUT2D eigenvalue weighted by molar-refractivity contribution is 5.70. The Labute approximate surface area is 98.1 Å². The number of H-pyrrole nitrogens is 1. The van der Waals surface area contributed by atoms with Crippen molar-refractivity contribution in [2.45, 2.75) is 37.8 Å². The molecule has 1 aliphatic carbocycles. The molecule has 1 fully saturated rings. The van der Waals surface area contributed by atoms with E-state index in [0.29, 0.717) is 0 Å². The predicted molar refractivity (Wildman–Crippen MR) is 63.9 cm³/mol. The maximum Gasteiger partial charge on any atom is 0.327 e. The van der Waals surface area contributed by atoms with E-state index in [9.17, 15) is 9.90 Å². The summed E-state index contributed by atoms with van der Waals surface area (Å²) in [4.78, 5) is 19.0. The third-order valence-corrected chi connectivity index (χ3v) is 3.51. The first-order valence-electron chi connectivity index (χ1n) is 5.99. The Morgan fingerprint density at radius 1 is 1.35 bits per heavy atom. The van der Waals surface area contributed by atoms with Crippen molar-refractivity contribution in [3.8, 4) is 0 Å². The summed E-state index contributed by atoms with van der Waals surface area (Å²) in [7, 11) is 0. The molecular weight excluding hydrogens is 218 g/mol. The molecule has 0 amide bonds. The minimum absolute atomic E-state index is 0.0971. The lowest BCUT2D eigenvalue weighted by Crippen LogP contribution is -2.27. The van der Waals surface area contributed by atoms with Gasteiger partial charge >= 0.3 is 5.69 Å². The van der Waals surface area contributed by atoms with Crippen LogP contribution >= 0.6 is 0 Å². The number of hydrogen-bond acceptors (Lipinski definition) is 3. The number of aromatic amines is 1. The van der Waals surface area contributed by atoms with E-state index in [0.717, 1.165) is 36.8 Å². The summed E-state index contributed by atoms with van der Waals surface area (Å²) in [6, 6.07) is 3.83. The van der Waals surface area contributed by atoms with Crippen LogP contribution in [0, 0.1) is 0 Å². The highest BCUT2D eigenvalue weighted by Gasteiger charge is 2.23. The molecule has 0 unspecified atom stereocenters. The van der Waals surface area contributed by atoms with Gasteiger partial charge in [0.1, 0.15) is 0 Å². The zero-order valence-electron chi connectivity index (χ0n) is 9.47. The number of nitrogens with one attached hydrogen (secondary N) is 1. The van der Waals surface area contributed by atoms with Gasteiger partial charge in [-0.2, -0.15) is 0 Å². The molecule has 2 aromatic heterocycles. The molecule has 0 radical (unpaired) electrons. The van der Waals surface area contributed by atoms with E-state index >= 15 is 0 Å². The lowest BCUT2D eigenvalue weighted by Gasteiger charge is -2.25. The molecule has 1 aliphatic rings. The molecule has 0 spiro atoms. The Kier molecular flexibility index (Phi) is 2.48. The van der Waals surface area contributed by atoms with Gasteiger partial charge in [0.15, 0.2) is 5.65 Å². The van der Waals surface area contributed by atoms with Gasteiger partial charge in [-0.3, -0.25) is 4.57 Å². The van der Waals surface area contributed by atoms with E-state index in [1.807, 2.05) is 12.1 Å². The van der Waals surface area contributed by atoms with Crippen LogP contribution in [0.3, 0.4) is 0 Å². The zero-order chi connectivity index (χ0) is 11.8. The van der Waals surface area contributed by atoms with Crippen LogP contribution in [0.1, 0.15) is 31.7 Å². The smallest absolute Gasteiger partial charge is 0.327 e. The number of hydrogen-bond donors (Lipinski definition) is 2. The molecule has 90 valence electrons. The fraction of sp³-hybridized carbons (Fsp3) is 0.500. The van der Waals surface area contributed by atoms with Gasteiger partial charge in [-0.1, -0.05) is 0 Å². The van der Waals surface area contributed by atoms with Crippen LogP contribution in [0.5, 0.6) is 0 Å². The standard InChI is InChI=1S/C12H15N3O2/c16-9-5-3-8(4-6-9)15-11-10(14-12(15)17)2-1-7-13-11/h1-2,7-9,16H,3-6H2,(H,14,17). The Balaban J connectivity index is 2.05. The van der Waals surface area contributed by atoms with Crippen LogP contribution < -0.4 is 5.69 Å². The van der Waals surface area contributed by atoms with Crippen molar-refractivity contribution in [3.63, 3.8) is 0 Å². The first-order chi connectivity index (χ1) is 8.25. The normalized spacial score (nSPS) is 25.2.